The van der Waals surface area contributed by atoms with Crippen molar-refractivity contribution in [3.05, 3.63) is 59.7 Å². The Balaban J connectivity index is 1.56. The Bertz CT molecular complexity index is 808. The number of halogens is 2. The summed E-state index contributed by atoms with van der Waals surface area (Å²) in [6.07, 6.45) is 0. The molecule has 0 saturated carbocycles. The van der Waals surface area contributed by atoms with Gasteiger partial charge in [0.05, 0.1) is 19.3 Å². The first-order chi connectivity index (χ1) is 13.4. The van der Waals surface area contributed by atoms with Crippen LogP contribution in [0.2, 0.25) is 0 Å². The smallest absolute Gasteiger partial charge is 0.241 e. The quantitative estimate of drug-likeness (QED) is 0.794. The molecule has 2 aromatic rings. The molecule has 1 saturated heterocycles. The van der Waals surface area contributed by atoms with Gasteiger partial charge in [0.15, 0.2) is 0 Å². The highest BCUT2D eigenvalue weighted by Gasteiger charge is 2.19. The topological polar surface area (TPSA) is 53.6 Å². The van der Waals surface area contributed by atoms with Crippen LogP contribution in [0.1, 0.15) is 25.5 Å². The Labute approximate surface area is 163 Å². The first-order valence-corrected chi connectivity index (χ1v) is 9.38. The highest BCUT2D eigenvalue weighted by atomic mass is 19.1. The highest BCUT2D eigenvalue weighted by molar-refractivity contribution is 5.94. The van der Waals surface area contributed by atoms with Crippen LogP contribution in [-0.2, 0) is 9.53 Å². The van der Waals surface area contributed by atoms with E-state index in [0.29, 0.717) is 24.5 Å². The first-order valence-electron chi connectivity index (χ1n) is 9.38. The van der Waals surface area contributed by atoms with E-state index in [4.69, 9.17) is 4.74 Å². The molecule has 1 amide bonds. The van der Waals surface area contributed by atoms with E-state index in [2.05, 4.69) is 15.5 Å². The minimum atomic E-state index is -0.633. The summed E-state index contributed by atoms with van der Waals surface area (Å²) in [4.78, 5) is 14.7. The number of anilines is 2. The number of amides is 1. The van der Waals surface area contributed by atoms with Crippen molar-refractivity contribution < 1.29 is 18.3 Å². The Morgan fingerprint density at radius 2 is 1.75 bits per heavy atom. The molecule has 3 rings (SSSR count). The van der Waals surface area contributed by atoms with Crippen molar-refractivity contribution in [3.8, 4) is 0 Å². The van der Waals surface area contributed by atoms with Gasteiger partial charge in [-0.25, -0.2) is 8.78 Å². The summed E-state index contributed by atoms with van der Waals surface area (Å²) in [5.41, 5.74) is 2.10. The van der Waals surface area contributed by atoms with Gasteiger partial charge in [0.2, 0.25) is 5.91 Å². The van der Waals surface area contributed by atoms with Crippen molar-refractivity contribution in [1.82, 2.24) is 5.32 Å². The molecule has 150 valence electrons. The Morgan fingerprint density at radius 3 is 2.39 bits per heavy atom. The van der Waals surface area contributed by atoms with Crippen LogP contribution in [-0.4, -0.2) is 38.3 Å². The molecule has 2 N–H and O–H groups in total. The minimum absolute atomic E-state index is 0.228. The van der Waals surface area contributed by atoms with Gasteiger partial charge in [0.1, 0.15) is 11.6 Å². The summed E-state index contributed by atoms with van der Waals surface area (Å²) in [5, 5.41) is 5.90. The van der Waals surface area contributed by atoms with Gasteiger partial charge in [-0.3, -0.25) is 10.1 Å². The number of carbonyl (C=O) groups is 1. The van der Waals surface area contributed by atoms with Crippen LogP contribution in [0.15, 0.2) is 42.5 Å². The van der Waals surface area contributed by atoms with Gasteiger partial charge in [0, 0.05) is 42.1 Å². The number of nitrogens with zero attached hydrogens (tertiary/aromatic N) is 1. The van der Waals surface area contributed by atoms with Crippen molar-refractivity contribution in [2.75, 3.05) is 36.5 Å². The Kier molecular flexibility index (Phi) is 6.59. The number of hydrogen-bond donors (Lipinski definition) is 2. The number of hydrogen-bond acceptors (Lipinski definition) is 4. The minimum Gasteiger partial charge on any atom is -0.378 e. The second-order valence-corrected chi connectivity index (χ2v) is 6.91. The van der Waals surface area contributed by atoms with E-state index in [1.807, 2.05) is 24.3 Å². The van der Waals surface area contributed by atoms with Crippen LogP contribution in [0.5, 0.6) is 0 Å². The monoisotopic (exact) mass is 389 g/mol. The van der Waals surface area contributed by atoms with Crippen LogP contribution in [0, 0.1) is 11.6 Å². The first kappa shape index (κ1) is 20.2. The predicted octanol–water partition coefficient (Wildman–Crippen LogP) is 3.48. The third-order valence-corrected chi connectivity index (χ3v) is 4.83. The fourth-order valence-corrected chi connectivity index (χ4v) is 3.22. The lowest BCUT2D eigenvalue weighted by Gasteiger charge is -2.29. The SMILES string of the molecule is C[C@@H](N[C@H](C)c1ccc(F)cc1F)C(=O)Nc1ccc(N2CCOCC2)cc1. The lowest BCUT2D eigenvalue weighted by Crippen LogP contribution is -2.39. The van der Waals surface area contributed by atoms with Crippen molar-refractivity contribution in [1.29, 1.82) is 0 Å². The molecule has 2 atom stereocenters. The molecular weight excluding hydrogens is 364 g/mol. The molecule has 0 unspecified atom stereocenters. The van der Waals surface area contributed by atoms with Crippen molar-refractivity contribution >= 4 is 17.3 Å². The van der Waals surface area contributed by atoms with Crippen molar-refractivity contribution in [2.45, 2.75) is 25.9 Å². The molecule has 0 aliphatic carbocycles. The van der Waals surface area contributed by atoms with Gasteiger partial charge < -0.3 is 15.0 Å². The van der Waals surface area contributed by atoms with E-state index in [1.165, 1.54) is 12.1 Å². The number of benzene rings is 2. The second-order valence-electron chi connectivity index (χ2n) is 6.91. The summed E-state index contributed by atoms with van der Waals surface area (Å²) >= 11 is 0. The molecule has 1 fully saturated rings. The Hall–Kier alpha value is -2.51. The highest BCUT2D eigenvalue weighted by Crippen LogP contribution is 2.20. The zero-order valence-corrected chi connectivity index (χ0v) is 16.0. The molecule has 0 aromatic heterocycles. The summed E-state index contributed by atoms with van der Waals surface area (Å²) in [7, 11) is 0. The van der Waals surface area contributed by atoms with Crippen molar-refractivity contribution in [2.24, 2.45) is 0 Å². The summed E-state index contributed by atoms with van der Waals surface area (Å²) < 4.78 is 32.3. The van der Waals surface area contributed by atoms with E-state index < -0.39 is 23.7 Å². The third-order valence-electron chi connectivity index (χ3n) is 4.83. The number of nitrogens with one attached hydrogen (secondary N) is 2. The molecular formula is C21H25F2N3O2. The van der Waals surface area contributed by atoms with Crippen LogP contribution < -0.4 is 15.5 Å². The van der Waals surface area contributed by atoms with E-state index >= 15 is 0 Å². The van der Waals surface area contributed by atoms with Crippen LogP contribution in [0.3, 0.4) is 0 Å². The maximum absolute atomic E-state index is 13.9. The summed E-state index contributed by atoms with van der Waals surface area (Å²) in [6.45, 7) is 6.57. The van der Waals surface area contributed by atoms with E-state index in [9.17, 15) is 13.6 Å². The van der Waals surface area contributed by atoms with Crippen LogP contribution in [0.25, 0.3) is 0 Å². The third kappa shape index (κ3) is 5.05. The van der Waals surface area contributed by atoms with Gasteiger partial charge in [0.25, 0.3) is 0 Å². The fourth-order valence-electron chi connectivity index (χ4n) is 3.22. The number of carbonyl (C=O) groups excluding carboxylic acids is 1. The largest absolute Gasteiger partial charge is 0.378 e. The van der Waals surface area contributed by atoms with Gasteiger partial charge in [-0.15, -0.1) is 0 Å². The lowest BCUT2D eigenvalue weighted by atomic mass is 10.1. The average molecular weight is 389 g/mol. The second kappa shape index (κ2) is 9.12. The molecule has 0 spiro atoms. The number of morpholine rings is 1. The molecule has 0 bridgehead atoms. The van der Waals surface area contributed by atoms with Gasteiger partial charge in [-0.1, -0.05) is 6.07 Å². The average Bonchev–Trinajstić information content (AvgIpc) is 2.69. The van der Waals surface area contributed by atoms with E-state index in [-0.39, 0.29) is 5.91 Å². The Morgan fingerprint density at radius 1 is 1.07 bits per heavy atom. The predicted molar refractivity (Wildman–Crippen MR) is 105 cm³/mol. The molecule has 0 radical (unpaired) electrons. The molecule has 7 heteroatoms. The van der Waals surface area contributed by atoms with Gasteiger partial charge >= 0.3 is 0 Å². The van der Waals surface area contributed by atoms with E-state index in [0.717, 1.165) is 24.8 Å². The molecule has 1 aliphatic rings. The lowest BCUT2D eigenvalue weighted by molar-refractivity contribution is -0.117. The van der Waals surface area contributed by atoms with Gasteiger partial charge in [-0.05, 0) is 44.2 Å². The van der Waals surface area contributed by atoms with Gasteiger partial charge in [-0.2, -0.15) is 0 Å². The zero-order chi connectivity index (χ0) is 20.1. The number of ether oxygens (including phenoxy) is 1. The fraction of sp³-hybridized carbons (Fsp3) is 0.381. The standard InChI is InChI=1S/C21H25F2N3O2/c1-14(19-8-3-16(22)13-20(19)23)24-15(2)21(27)25-17-4-6-18(7-5-17)26-9-11-28-12-10-26/h3-8,13-15,24H,9-12H2,1-2H3,(H,25,27)/t14-,15-/m1/s1. The van der Waals surface area contributed by atoms with Crippen molar-refractivity contribution in [3.63, 3.8) is 0 Å². The molecule has 2 aromatic carbocycles. The zero-order valence-electron chi connectivity index (χ0n) is 16.0. The number of rotatable bonds is 6. The maximum atomic E-state index is 13.9. The molecule has 5 nitrogen and oxygen atoms in total. The van der Waals surface area contributed by atoms with E-state index in [1.54, 1.807) is 13.8 Å². The summed E-state index contributed by atoms with van der Waals surface area (Å²) in [5.74, 6) is -1.49. The molecule has 1 aliphatic heterocycles. The molecule has 1 heterocycles. The normalized spacial score (nSPS) is 16.5. The maximum Gasteiger partial charge on any atom is 0.241 e. The summed E-state index contributed by atoms with van der Waals surface area (Å²) in [6, 6.07) is 10.1. The van der Waals surface area contributed by atoms with Crippen LogP contribution in [0.4, 0.5) is 20.2 Å². The molecule has 28 heavy (non-hydrogen) atoms. The van der Waals surface area contributed by atoms with Crippen LogP contribution >= 0.6 is 0 Å².